The molecule has 0 N–H and O–H groups in total. The minimum Gasteiger partial charge on any atom is -0.304 e. The fraction of sp³-hybridized carbons (Fsp3) is 0.812. The van der Waals surface area contributed by atoms with Gasteiger partial charge in [0.2, 0.25) is 0 Å². The van der Waals surface area contributed by atoms with Gasteiger partial charge in [-0.3, -0.25) is 4.90 Å². The highest BCUT2D eigenvalue weighted by Crippen LogP contribution is 2.22. The fourth-order valence-corrected chi connectivity index (χ4v) is 4.34. The second-order valence-electron chi connectivity index (χ2n) is 6.71. The molecule has 0 saturated carbocycles. The van der Waals surface area contributed by atoms with Crippen LogP contribution in [0.3, 0.4) is 0 Å². The molecule has 2 aliphatic rings. The molecule has 2 aliphatic heterocycles. The Morgan fingerprint density at radius 3 is 2.71 bits per heavy atom. The first kappa shape index (κ1) is 15.4. The summed E-state index contributed by atoms with van der Waals surface area (Å²) in [5, 5.41) is 0. The van der Waals surface area contributed by atoms with Crippen molar-refractivity contribution in [1.82, 2.24) is 19.7 Å². The predicted octanol–water partition coefficient (Wildman–Crippen LogP) is 1.91. The van der Waals surface area contributed by atoms with Gasteiger partial charge in [0.1, 0.15) is 0 Å². The quantitative estimate of drug-likeness (QED) is 0.847. The lowest BCUT2D eigenvalue weighted by atomic mass is 9.97. The number of nitrogens with zero attached hydrogens (tertiary/aromatic N) is 4. The summed E-state index contributed by atoms with van der Waals surface area (Å²) in [7, 11) is 2.23. The zero-order chi connectivity index (χ0) is 14.7. The van der Waals surface area contributed by atoms with Crippen molar-refractivity contribution in [2.45, 2.75) is 26.3 Å². The third kappa shape index (κ3) is 4.25. The summed E-state index contributed by atoms with van der Waals surface area (Å²) in [5.74, 6) is 0.857. The molecule has 3 rings (SSSR count). The van der Waals surface area contributed by atoms with Crippen molar-refractivity contribution in [3.05, 3.63) is 16.1 Å². The molecule has 1 aromatic rings. The van der Waals surface area contributed by atoms with Crippen LogP contribution in [-0.4, -0.2) is 72.5 Å². The van der Waals surface area contributed by atoms with Gasteiger partial charge < -0.3 is 9.80 Å². The molecule has 0 amide bonds. The van der Waals surface area contributed by atoms with Crippen LogP contribution in [0.2, 0.25) is 0 Å². The van der Waals surface area contributed by atoms with E-state index in [0.29, 0.717) is 0 Å². The molecule has 1 aromatic heterocycles. The first-order valence-electron chi connectivity index (χ1n) is 8.23. The molecular formula is C16H28N4S. The topological polar surface area (TPSA) is 22.6 Å². The number of hydrogen-bond donors (Lipinski definition) is 0. The van der Waals surface area contributed by atoms with Crippen molar-refractivity contribution in [3.63, 3.8) is 0 Å². The maximum atomic E-state index is 4.38. The first-order chi connectivity index (χ1) is 10.2. The lowest BCUT2D eigenvalue weighted by Crippen LogP contribution is -2.48. The minimum atomic E-state index is 0.857. The molecule has 3 heterocycles. The molecule has 5 heteroatoms. The number of aryl methyl sites for hydroxylation is 1. The summed E-state index contributed by atoms with van der Waals surface area (Å²) in [6.45, 7) is 12.0. The number of hydrogen-bond acceptors (Lipinski definition) is 5. The molecule has 1 atom stereocenters. The molecule has 21 heavy (non-hydrogen) atoms. The molecule has 2 saturated heterocycles. The van der Waals surface area contributed by atoms with Crippen LogP contribution in [0.1, 0.15) is 23.4 Å². The summed E-state index contributed by atoms with van der Waals surface area (Å²) < 4.78 is 0. The summed E-state index contributed by atoms with van der Waals surface area (Å²) in [4.78, 5) is 13.6. The van der Waals surface area contributed by atoms with Gasteiger partial charge in [0.15, 0.2) is 0 Å². The van der Waals surface area contributed by atoms with E-state index in [1.54, 1.807) is 0 Å². The Morgan fingerprint density at radius 1 is 1.19 bits per heavy atom. The van der Waals surface area contributed by atoms with Crippen LogP contribution in [0.4, 0.5) is 0 Å². The van der Waals surface area contributed by atoms with Crippen molar-refractivity contribution in [1.29, 1.82) is 0 Å². The highest BCUT2D eigenvalue weighted by Gasteiger charge is 2.24. The van der Waals surface area contributed by atoms with Gasteiger partial charge in [-0.05, 0) is 39.3 Å². The summed E-state index contributed by atoms with van der Waals surface area (Å²) >= 11 is 1.81. The third-order valence-electron chi connectivity index (χ3n) is 4.93. The van der Waals surface area contributed by atoms with Crippen molar-refractivity contribution in [2.75, 3.05) is 52.9 Å². The van der Waals surface area contributed by atoms with E-state index in [2.05, 4.69) is 33.7 Å². The van der Waals surface area contributed by atoms with E-state index in [0.717, 1.165) is 12.5 Å². The number of rotatable bonds is 4. The Labute approximate surface area is 132 Å². The monoisotopic (exact) mass is 308 g/mol. The van der Waals surface area contributed by atoms with Crippen molar-refractivity contribution < 1.29 is 0 Å². The lowest BCUT2D eigenvalue weighted by Gasteiger charge is -2.38. The highest BCUT2D eigenvalue weighted by atomic mass is 32.1. The van der Waals surface area contributed by atoms with Gasteiger partial charge in [0.25, 0.3) is 0 Å². The average molecular weight is 308 g/mol. The Morgan fingerprint density at radius 2 is 2.00 bits per heavy atom. The fourth-order valence-electron chi connectivity index (χ4n) is 3.52. The summed E-state index contributed by atoms with van der Waals surface area (Å²) in [5.41, 5.74) is 3.21. The molecule has 118 valence electrons. The van der Waals surface area contributed by atoms with Crippen LogP contribution in [0.5, 0.6) is 0 Å². The van der Waals surface area contributed by atoms with Crippen LogP contribution in [-0.2, 0) is 6.54 Å². The molecule has 0 aromatic carbocycles. The van der Waals surface area contributed by atoms with Crippen LogP contribution in [0.25, 0.3) is 0 Å². The zero-order valence-corrected chi connectivity index (χ0v) is 14.2. The molecule has 0 radical (unpaired) electrons. The van der Waals surface area contributed by atoms with Gasteiger partial charge >= 0.3 is 0 Å². The number of likely N-dealkylation sites (tertiary alicyclic amines) is 1. The summed E-state index contributed by atoms with van der Waals surface area (Å²) in [6, 6.07) is 0. The smallest absolute Gasteiger partial charge is 0.0798 e. The Balaban J connectivity index is 1.48. The van der Waals surface area contributed by atoms with E-state index >= 15 is 0 Å². The molecule has 0 bridgehead atoms. The van der Waals surface area contributed by atoms with E-state index in [1.165, 1.54) is 69.2 Å². The molecule has 1 unspecified atom stereocenters. The minimum absolute atomic E-state index is 0.857. The average Bonchev–Trinajstić information content (AvgIpc) is 2.87. The predicted molar refractivity (Wildman–Crippen MR) is 88.8 cm³/mol. The van der Waals surface area contributed by atoms with Gasteiger partial charge in [-0.25, -0.2) is 4.98 Å². The molecule has 0 aliphatic carbocycles. The number of piperidine rings is 1. The van der Waals surface area contributed by atoms with Crippen molar-refractivity contribution >= 4 is 11.3 Å². The van der Waals surface area contributed by atoms with Gasteiger partial charge in [0.05, 0.1) is 11.2 Å². The van der Waals surface area contributed by atoms with Crippen LogP contribution >= 0.6 is 11.3 Å². The Kier molecular flexibility index (Phi) is 5.27. The normalized spacial score (nSPS) is 26.3. The SMILES string of the molecule is Cc1ncsc1CN1CCCC(CN2CCN(C)CC2)C1. The van der Waals surface area contributed by atoms with Gasteiger partial charge in [-0.15, -0.1) is 11.3 Å². The van der Waals surface area contributed by atoms with Crippen molar-refractivity contribution in [2.24, 2.45) is 5.92 Å². The largest absolute Gasteiger partial charge is 0.304 e. The van der Waals surface area contributed by atoms with E-state index in [-0.39, 0.29) is 0 Å². The van der Waals surface area contributed by atoms with Crippen LogP contribution in [0.15, 0.2) is 5.51 Å². The third-order valence-corrected chi connectivity index (χ3v) is 5.85. The number of thiazole rings is 1. The summed E-state index contributed by atoms with van der Waals surface area (Å²) in [6.07, 6.45) is 2.76. The van der Waals surface area contributed by atoms with E-state index in [4.69, 9.17) is 0 Å². The highest BCUT2D eigenvalue weighted by molar-refractivity contribution is 7.09. The number of aromatic nitrogens is 1. The first-order valence-corrected chi connectivity index (χ1v) is 9.11. The standard InChI is InChI=1S/C16H28N4S/c1-14-16(21-13-17-14)12-20-5-3-4-15(11-20)10-19-8-6-18(2)7-9-19/h13,15H,3-12H2,1-2H3. The molecular weight excluding hydrogens is 280 g/mol. The zero-order valence-electron chi connectivity index (χ0n) is 13.4. The maximum Gasteiger partial charge on any atom is 0.0798 e. The van der Waals surface area contributed by atoms with E-state index < -0.39 is 0 Å². The molecule has 0 spiro atoms. The Bertz CT molecular complexity index is 439. The van der Waals surface area contributed by atoms with Crippen LogP contribution in [0, 0.1) is 12.8 Å². The second kappa shape index (κ2) is 7.18. The maximum absolute atomic E-state index is 4.38. The van der Waals surface area contributed by atoms with Gasteiger partial charge in [-0.1, -0.05) is 0 Å². The second-order valence-corrected chi connectivity index (χ2v) is 7.65. The number of likely N-dealkylation sites (N-methyl/N-ethyl adjacent to an activating group) is 1. The van der Waals surface area contributed by atoms with E-state index in [1.807, 2.05) is 16.8 Å². The van der Waals surface area contributed by atoms with Gasteiger partial charge in [0, 0.05) is 50.7 Å². The van der Waals surface area contributed by atoms with Crippen molar-refractivity contribution in [3.8, 4) is 0 Å². The number of piperazine rings is 1. The lowest BCUT2D eigenvalue weighted by molar-refractivity contribution is 0.0969. The Hall–Kier alpha value is -0.490. The van der Waals surface area contributed by atoms with Gasteiger partial charge in [-0.2, -0.15) is 0 Å². The molecule has 2 fully saturated rings. The van der Waals surface area contributed by atoms with Crippen LogP contribution < -0.4 is 0 Å². The van der Waals surface area contributed by atoms with E-state index in [9.17, 15) is 0 Å². The molecule has 4 nitrogen and oxygen atoms in total.